The van der Waals surface area contributed by atoms with Gasteiger partial charge in [0.1, 0.15) is 11.9 Å². The Morgan fingerprint density at radius 1 is 1.24 bits per heavy atom. The van der Waals surface area contributed by atoms with Crippen LogP contribution >= 0.6 is 0 Å². The first-order valence-electron chi connectivity index (χ1n) is 7.57. The molecule has 0 spiro atoms. The maximum atomic E-state index is 10.3. The van der Waals surface area contributed by atoms with Gasteiger partial charge in [-0.25, -0.2) is 4.98 Å². The topological polar surface area (TPSA) is 67.1 Å². The molecule has 1 fully saturated rings. The highest BCUT2D eigenvalue weighted by Gasteiger charge is 2.33. The summed E-state index contributed by atoms with van der Waals surface area (Å²) < 4.78 is 2.04. The number of hydrogen-bond acceptors (Lipinski definition) is 5. The molecule has 3 heterocycles. The fraction of sp³-hybridized carbons (Fsp3) is 0.533. The van der Waals surface area contributed by atoms with Gasteiger partial charge in [0.05, 0.1) is 24.1 Å². The summed E-state index contributed by atoms with van der Waals surface area (Å²) in [6, 6.07) is 2.05. The Balaban J connectivity index is 1.59. The molecule has 2 aromatic rings. The lowest BCUT2D eigenvalue weighted by atomic mass is 10.1. The smallest absolute Gasteiger partial charge is 0.147 e. The Kier molecular flexibility index (Phi) is 3.11. The predicted molar refractivity (Wildman–Crippen MR) is 77.6 cm³/mol. The first-order chi connectivity index (χ1) is 10.3. The number of aliphatic hydroxyl groups is 1. The van der Waals surface area contributed by atoms with Crippen molar-refractivity contribution in [2.45, 2.75) is 38.5 Å². The van der Waals surface area contributed by atoms with Crippen molar-refractivity contribution in [1.29, 1.82) is 0 Å². The molecular formula is C15H19N5O. The van der Waals surface area contributed by atoms with E-state index < -0.39 is 6.10 Å². The number of hydrogen-bond donors (Lipinski definition) is 1. The molecule has 6 heteroatoms. The molecule has 4 rings (SSSR count). The molecule has 1 unspecified atom stereocenters. The number of anilines is 1. The Hall–Kier alpha value is -1.95. The molecule has 6 nitrogen and oxygen atoms in total. The van der Waals surface area contributed by atoms with E-state index in [2.05, 4.69) is 26.0 Å². The zero-order valence-corrected chi connectivity index (χ0v) is 11.9. The van der Waals surface area contributed by atoms with Crippen LogP contribution in [0.15, 0.2) is 24.7 Å². The highest BCUT2D eigenvalue weighted by molar-refractivity contribution is 5.36. The highest BCUT2D eigenvalue weighted by Crippen LogP contribution is 2.40. The van der Waals surface area contributed by atoms with Crippen molar-refractivity contribution in [1.82, 2.24) is 19.7 Å². The van der Waals surface area contributed by atoms with Crippen LogP contribution in [0, 0.1) is 5.92 Å². The molecule has 2 aromatic heterocycles. The number of aryl methyl sites for hydroxylation is 1. The molecule has 1 N–H and O–H groups in total. The minimum atomic E-state index is -0.394. The molecule has 1 aliphatic carbocycles. The van der Waals surface area contributed by atoms with E-state index in [0.717, 1.165) is 56.1 Å². The summed E-state index contributed by atoms with van der Waals surface area (Å²) in [6.07, 6.45) is 8.07. The van der Waals surface area contributed by atoms with Gasteiger partial charge in [-0.3, -0.25) is 9.67 Å². The minimum Gasteiger partial charge on any atom is -0.386 e. The Labute approximate surface area is 123 Å². The molecule has 0 saturated heterocycles. The SMILES string of the molecule is OC(c1cc2n(n1)CCCN(c1cnccn1)C2)C1CC1. The van der Waals surface area contributed by atoms with Gasteiger partial charge in [-0.15, -0.1) is 0 Å². The molecule has 2 aliphatic rings. The van der Waals surface area contributed by atoms with E-state index in [-0.39, 0.29) is 0 Å². The maximum Gasteiger partial charge on any atom is 0.147 e. The summed E-state index contributed by atoms with van der Waals surface area (Å²) in [4.78, 5) is 10.7. The van der Waals surface area contributed by atoms with E-state index in [0.29, 0.717) is 5.92 Å². The third-order valence-electron chi connectivity index (χ3n) is 4.28. The summed E-state index contributed by atoms with van der Waals surface area (Å²) >= 11 is 0. The largest absolute Gasteiger partial charge is 0.386 e. The van der Waals surface area contributed by atoms with E-state index in [4.69, 9.17) is 0 Å². The summed E-state index contributed by atoms with van der Waals surface area (Å²) in [5.74, 6) is 1.32. The van der Waals surface area contributed by atoms with Crippen LogP contribution in [0.2, 0.25) is 0 Å². The van der Waals surface area contributed by atoms with Gasteiger partial charge in [0.15, 0.2) is 0 Å². The Bertz CT molecular complexity index is 622. The van der Waals surface area contributed by atoms with E-state index in [9.17, 15) is 5.11 Å². The minimum absolute atomic E-state index is 0.394. The van der Waals surface area contributed by atoms with Crippen molar-refractivity contribution in [3.05, 3.63) is 36.0 Å². The van der Waals surface area contributed by atoms with Crippen molar-refractivity contribution in [3.63, 3.8) is 0 Å². The summed E-state index contributed by atoms with van der Waals surface area (Å²) in [7, 11) is 0. The summed E-state index contributed by atoms with van der Waals surface area (Å²) in [6.45, 7) is 2.61. The molecule has 110 valence electrons. The predicted octanol–water partition coefficient (Wildman–Crippen LogP) is 1.53. The monoisotopic (exact) mass is 285 g/mol. The van der Waals surface area contributed by atoms with Gasteiger partial charge in [0.25, 0.3) is 0 Å². The Morgan fingerprint density at radius 3 is 2.90 bits per heavy atom. The van der Waals surface area contributed by atoms with Gasteiger partial charge in [0.2, 0.25) is 0 Å². The average Bonchev–Trinajstić information content (AvgIpc) is 3.32. The van der Waals surface area contributed by atoms with Gasteiger partial charge < -0.3 is 10.0 Å². The van der Waals surface area contributed by atoms with Gasteiger partial charge in [0, 0.05) is 25.5 Å². The molecule has 21 heavy (non-hydrogen) atoms. The third kappa shape index (κ3) is 2.51. The first kappa shape index (κ1) is 12.8. The number of rotatable bonds is 3. The second-order valence-electron chi connectivity index (χ2n) is 5.90. The molecule has 0 amide bonds. The fourth-order valence-corrected chi connectivity index (χ4v) is 2.93. The van der Waals surface area contributed by atoms with Gasteiger partial charge in [-0.2, -0.15) is 5.10 Å². The summed E-state index contributed by atoms with van der Waals surface area (Å²) in [5.41, 5.74) is 1.97. The van der Waals surface area contributed by atoms with Gasteiger partial charge >= 0.3 is 0 Å². The van der Waals surface area contributed by atoms with Crippen molar-refractivity contribution in [2.75, 3.05) is 11.4 Å². The third-order valence-corrected chi connectivity index (χ3v) is 4.28. The van der Waals surface area contributed by atoms with Crippen molar-refractivity contribution in [3.8, 4) is 0 Å². The Morgan fingerprint density at radius 2 is 2.14 bits per heavy atom. The van der Waals surface area contributed by atoms with Crippen molar-refractivity contribution in [2.24, 2.45) is 5.92 Å². The molecular weight excluding hydrogens is 266 g/mol. The lowest BCUT2D eigenvalue weighted by molar-refractivity contribution is 0.148. The standard InChI is InChI=1S/C15H19N5O/c21-15(11-2-3-11)13-8-12-10-19(6-1-7-20(12)18-13)14-9-16-4-5-17-14/h4-5,8-9,11,15,21H,1-3,6-7,10H2. The quantitative estimate of drug-likeness (QED) is 0.926. The average molecular weight is 285 g/mol. The highest BCUT2D eigenvalue weighted by atomic mass is 16.3. The molecule has 0 radical (unpaired) electrons. The van der Waals surface area contributed by atoms with E-state index in [1.54, 1.807) is 18.6 Å². The zero-order valence-electron chi connectivity index (χ0n) is 11.9. The van der Waals surface area contributed by atoms with Crippen LogP contribution in [0.3, 0.4) is 0 Å². The zero-order chi connectivity index (χ0) is 14.2. The summed E-state index contributed by atoms with van der Waals surface area (Å²) in [5, 5.41) is 14.9. The number of fused-ring (bicyclic) bond motifs is 1. The van der Waals surface area contributed by atoms with Crippen LogP contribution in [0.5, 0.6) is 0 Å². The number of aromatic nitrogens is 4. The molecule has 1 saturated carbocycles. The van der Waals surface area contributed by atoms with E-state index in [1.165, 1.54) is 0 Å². The van der Waals surface area contributed by atoms with Crippen LogP contribution < -0.4 is 4.90 Å². The van der Waals surface area contributed by atoms with Crippen LogP contribution in [0.1, 0.15) is 36.8 Å². The van der Waals surface area contributed by atoms with Gasteiger partial charge in [-0.05, 0) is 31.2 Å². The maximum absolute atomic E-state index is 10.3. The van der Waals surface area contributed by atoms with Crippen LogP contribution in [-0.2, 0) is 13.1 Å². The van der Waals surface area contributed by atoms with Gasteiger partial charge in [-0.1, -0.05) is 0 Å². The van der Waals surface area contributed by atoms with E-state index in [1.807, 2.05) is 4.68 Å². The lowest BCUT2D eigenvalue weighted by Crippen LogP contribution is -2.23. The number of aliphatic hydroxyl groups excluding tert-OH is 1. The van der Waals surface area contributed by atoms with Crippen molar-refractivity contribution >= 4 is 5.82 Å². The molecule has 0 aromatic carbocycles. The second kappa shape index (κ2) is 5.11. The van der Waals surface area contributed by atoms with Crippen LogP contribution in [-0.4, -0.2) is 31.4 Å². The molecule has 1 atom stereocenters. The van der Waals surface area contributed by atoms with E-state index >= 15 is 0 Å². The lowest BCUT2D eigenvalue weighted by Gasteiger charge is -2.20. The normalized spacial score (nSPS) is 20.0. The number of nitrogens with zero attached hydrogens (tertiary/aromatic N) is 5. The first-order valence-corrected chi connectivity index (χ1v) is 7.57. The molecule has 1 aliphatic heterocycles. The van der Waals surface area contributed by atoms with Crippen molar-refractivity contribution < 1.29 is 5.11 Å². The second-order valence-corrected chi connectivity index (χ2v) is 5.90. The fourth-order valence-electron chi connectivity index (χ4n) is 2.93. The van der Waals surface area contributed by atoms with Crippen LogP contribution in [0.25, 0.3) is 0 Å². The molecule has 0 bridgehead atoms. The van der Waals surface area contributed by atoms with Crippen LogP contribution in [0.4, 0.5) is 5.82 Å².